The molecule has 2 aromatic rings. The van der Waals surface area contributed by atoms with Crippen LogP contribution in [0.4, 0.5) is 5.69 Å². The van der Waals surface area contributed by atoms with Gasteiger partial charge < -0.3 is 5.11 Å². The molecule has 25 heavy (non-hydrogen) atoms. The van der Waals surface area contributed by atoms with Crippen LogP contribution in [-0.2, 0) is 16.4 Å². The zero-order valence-electron chi connectivity index (χ0n) is 13.2. The largest absolute Gasteiger partial charge is 0.508 e. The van der Waals surface area contributed by atoms with Gasteiger partial charge in [-0.3, -0.25) is 15.2 Å². The van der Waals surface area contributed by atoms with Crippen molar-refractivity contribution >= 4 is 33.2 Å². The number of carbonyl (C=O) groups excluding carboxylic acids is 1. The number of hydrogen-bond acceptors (Lipinski definition) is 5. The van der Waals surface area contributed by atoms with Gasteiger partial charge in [-0.1, -0.05) is 11.6 Å². The summed E-state index contributed by atoms with van der Waals surface area (Å²) in [5, 5.41) is 16.3. The minimum Gasteiger partial charge on any atom is -0.508 e. The number of aromatic hydroxyl groups is 1. The number of primary sulfonamides is 1. The molecule has 0 aliphatic carbocycles. The average Bonchev–Trinajstić information content (AvgIpc) is 2.81. The number of nitrogens with one attached hydrogen (secondary N) is 1. The standard InChI is InChI=1S/C16H16ClN3O4S/c1-9-6-11-7-12(21)3-5-14(11)20(9)19-16(22)10-2-4-13(17)15(8-10)25(18,23)24/h2-5,7-9,21H,6H2,1H3,(H,19,22)(H2,18,23,24)/t9-/m0/s1. The van der Waals surface area contributed by atoms with E-state index in [9.17, 15) is 18.3 Å². The fraction of sp³-hybridized carbons (Fsp3) is 0.188. The molecule has 1 aliphatic rings. The number of anilines is 1. The first-order valence-corrected chi connectivity index (χ1v) is 9.33. The number of phenolic OH excluding ortho intramolecular Hbond substituents is 1. The number of halogens is 1. The van der Waals surface area contributed by atoms with Gasteiger partial charge in [0.2, 0.25) is 10.0 Å². The molecule has 0 aromatic heterocycles. The monoisotopic (exact) mass is 381 g/mol. The maximum Gasteiger partial charge on any atom is 0.269 e. The minimum atomic E-state index is -4.03. The molecule has 9 heteroatoms. The SMILES string of the molecule is C[C@H]1Cc2cc(O)ccc2N1NC(=O)c1ccc(Cl)c(S(N)(=O)=O)c1. The lowest BCUT2D eigenvalue weighted by Crippen LogP contribution is -2.45. The number of amides is 1. The zero-order chi connectivity index (χ0) is 18.4. The highest BCUT2D eigenvalue weighted by atomic mass is 35.5. The molecular weight excluding hydrogens is 366 g/mol. The second-order valence-electron chi connectivity index (χ2n) is 5.87. The number of fused-ring (bicyclic) bond motifs is 1. The number of nitrogens with two attached hydrogens (primary N) is 1. The summed E-state index contributed by atoms with van der Waals surface area (Å²) in [7, 11) is -4.03. The zero-order valence-corrected chi connectivity index (χ0v) is 14.8. The summed E-state index contributed by atoms with van der Waals surface area (Å²) in [6, 6.07) is 8.76. The third-order valence-corrected chi connectivity index (χ3v) is 5.39. The summed E-state index contributed by atoms with van der Waals surface area (Å²) in [6.07, 6.45) is 0.660. The summed E-state index contributed by atoms with van der Waals surface area (Å²) >= 11 is 5.84. The lowest BCUT2D eigenvalue weighted by atomic mass is 10.1. The lowest BCUT2D eigenvalue weighted by Gasteiger charge is -2.25. The molecule has 0 unspecified atom stereocenters. The highest BCUT2D eigenvalue weighted by molar-refractivity contribution is 7.89. The Hall–Kier alpha value is -2.29. The highest BCUT2D eigenvalue weighted by Crippen LogP contribution is 2.33. The number of hydrogen-bond donors (Lipinski definition) is 3. The summed E-state index contributed by atoms with van der Waals surface area (Å²) in [4.78, 5) is 12.2. The van der Waals surface area contributed by atoms with Crippen molar-refractivity contribution in [1.82, 2.24) is 5.43 Å². The Morgan fingerprint density at radius 1 is 1.32 bits per heavy atom. The van der Waals surface area contributed by atoms with Gasteiger partial charge in [0.25, 0.3) is 5.91 Å². The number of hydrazine groups is 1. The van der Waals surface area contributed by atoms with Gasteiger partial charge in [-0.2, -0.15) is 0 Å². The molecule has 1 heterocycles. The van der Waals surface area contributed by atoms with E-state index in [1.165, 1.54) is 18.2 Å². The predicted octanol–water partition coefficient (Wildman–Crippen LogP) is 1.79. The Kier molecular flexibility index (Phi) is 4.36. The summed E-state index contributed by atoms with van der Waals surface area (Å²) < 4.78 is 23.1. The fourth-order valence-corrected chi connectivity index (χ4v) is 3.90. The number of carbonyl (C=O) groups is 1. The Bertz CT molecular complexity index is 962. The molecule has 0 saturated heterocycles. The van der Waals surface area contributed by atoms with Gasteiger partial charge in [-0.05, 0) is 55.3 Å². The molecule has 0 radical (unpaired) electrons. The number of nitrogens with zero attached hydrogens (tertiary/aromatic N) is 1. The second-order valence-corrected chi connectivity index (χ2v) is 7.80. The highest BCUT2D eigenvalue weighted by Gasteiger charge is 2.28. The predicted molar refractivity (Wildman–Crippen MR) is 94.0 cm³/mol. The van der Waals surface area contributed by atoms with E-state index >= 15 is 0 Å². The van der Waals surface area contributed by atoms with Crippen LogP contribution in [0.1, 0.15) is 22.8 Å². The van der Waals surface area contributed by atoms with E-state index < -0.39 is 15.9 Å². The summed E-state index contributed by atoms with van der Waals surface area (Å²) in [6.45, 7) is 1.93. The molecule has 132 valence electrons. The van der Waals surface area contributed by atoms with Crippen molar-refractivity contribution in [2.75, 3.05) is 5.01 Å². The molecule has 4 N–H and O–H groups in total. The summed E-state index contributed by atoms with van der Waals surface area (Å²) in [5.74, 6) is -0.330. The Morgan fingerprint density at radius 2 is 2.04 bits per heavy atom. The van der Waals surface area contributed by atoms with E-state index in [1.54, 1.807) is 17.1 Å². The van der Waals surface area contributed by atoms with E-state index in [0.29, 0.717) is 6.42 Å². The Labute approximate surface area is 150 Å². The van der Waals surface area contributed by atoms with Crippen LogP contribution >= 0.6 is 11.6 Å². The van der Waals surface area contributed by atoms with Gasteiger partial charge >= 0.3 is 0 Å². The van der Waals surface area contributed by atoms with Crippen LogP contribution in [-0.4, -0.2) is 25.5 Å². The van der Waals surface area contributed by atoms with Gasteiger partial charge in [0.15, 0.2) is 0 Å². The third kappa shape index (κ3) is 3.41. The smallest absolute Gasteiger partial charge is 0.269 e. The first-order chi connectivity index (χ1) is 11.7. The van der Waals surface area contributed by atoms with Crippen molar-refractivity contribution in [3.05, 3.63) is 52.5 Å². The van der Waals surface area contributed by atoms with Gasteiger partial charge in [0.05, 0.1) is 16.8 Å². The fourth-order valence-electron chi connectivity index (χ4n) is 2.82. The van der Waals surface area contributed by atoms with Crippen LogP contribution in [0, 0.1) is 0 Å². The number of sulfonamides is 1. The molecule has 2 aromatic carbocycles. The van der Waals surface area contributed by atoms with E-state index in [-0.39, 0.29) is 27.3 Å². The molecule has 1 amide bonds. The number of phenols is 1. The molecule has 3 rings (SSSR count). The van der Waals surface area contributed by atoms with Gasteiger partial charge in [-0.15, -0.1) is 0 Å². The van der Waals surface area contributed by atoms with E-state index in [1.807, 2.05) is 6.92 Å². The Morgan fingerprint density at radius 3 is 2.72 bits per heavy atom. The van der Waals surface area contributed by atoms with Crippen LogP contribution in [0.25, 0.3) is 0 Å². The lowest BCUT2D eigenvalue weighted by molar-refractivity contribution is 0.0946. The van der Waals surface area contributed by atoms with Gasteiger partial charge in [0.1, 0.15) is 10.6 Å². The molecule has 0 spiro atoms. The Balaban J connectivity index is 1.89. The second kappa shape index (κ2) is 6.21. The third-order valence-electron chi connectivity index (χ3n) is 4.00. The quantitative estimate of drug-likeness (QED) is 0.750. The normalized spacial score (nSPS) is 16.6. The maximum absolute atomic E-state index is 12.5. The molecule has 0 fully saturated rings. The van der Waals surface area contributed by atoms with Crippen molar-refractivity contribution < 1.29 is 18.3 Å². The van der Waals surface area contributed by atoms with Crippen molar-refractivity contribution in [1.29, 1.82) is 0 Å². The van der Waals surface area contributed by atoms with Crippen LogP contribution < -0.4 is 15.6 Å². The van der Waals surface area contributed by atoms with E-state index in [2.05, 4.69) is 5.43 Å². The average molecular weight is 382 g/mol. The van der Waals surface area contributed by atoms with Crippen LogP contribution in [0.15, 0.2) is 41.3 Å². The minimum absolute atomic E-state index is 0.0224. The molecule has 0 saturated carbocycles. The van der Waals surface area contributed by atoms with Crippen LogP contribution in [0.3, 0.4) is 0 Å². The van der Waals surface area contributed by atoms with Crippen LogP contribution in [0.2, 0.25) is 5.02 Å². The van der Waals surface area contributed by atoms with Crippen molar-refractivity contribution in [2.45, 2.75) is 24.3 Å². The first-order valence-electron chi connectivity index (χ1n) is 7.41. The number of benzene rings is 2. The van der Waals surface area contributed by atoms with Crippen LogP contribution in [0.5, 0.6) is 5.75 Å². The van der Waals surface area contributed by atoms with Crippen molar-refractivity contribution in [3.63, 3.8) is 0 Å². The van der Waals surface area contributed by atoms with Gasteiger partial charge in [-0.25, -0.2) is 13.6 Å². The molecule has 1 atom stereocenters. The topological polar surface area (TPSA) is 113 Å². The van der Waals surface area contributed by atoms with E-state index in [4.69, 9.17) is 16.7 Å². The number of rotatable bonds is 3. The first kappa shape index (κ1) is 17.5. The van der Waals surface area contributed by atoms with Crippen molar-refractivity contribution in [3.8, 4) is 5.75 Å². The van der Waals surface area contributed by atoms with Gasteiger partial charge in [0, 0.05) is 5.56 Å². The molecule has 0 bridgehead atoms. The molecular formula is C16H16ClN3O4S. The molecule has 7 nitrogen and oxygen atoms in total. The maximum atomic E-state index is 12.5. The summed E-state index contributed by atoms with van der Waals surface area (Å²) in [5.41, 5.74) is 4.56. The van der Waals surface area contributed by atoms with Crippen molar-refractivity contribution in [2.24, 2.45) is 5.14 Å². The molecule has 1 aliphatic heterocycles. The van der Waals surface area contributed by atoms with E-state index in [0.717, 1.165) is 17.3 Å².